The van der Waals surface area contributed by atoms with Crippen molar-refractivity contribution >= 4 is 37.8 Å². The molecule has 144 valence electrons. The monoisotopic (exact) mass is 496 g/mol. The summed E-state index contributed by atoms with van der Waals surface area (Å²) in [6.07, 6.45) is 3.36. The Morgan fingerprint density at radius 2 is 1.44 bits per heavy atom. The quantitative estimate of drug-likeness (QED) is 0.456. The molecule has 1 saturated heterocycles. The second kappa shape index (κ2) is 9.32. The van der Waals surface area contributed by atoms with Crippen LogP contribution >= 0.6 is 31.9 Å². The first-order valence-corrected chi connectivity index (χ1v) is 10.8. The lowest BCUT2D eigenvalue weighted by atomic mass is 9.86. The van der Waals surface area contributed by atoms with Gasteiger partial charge in [-0.2, -0.15) is 0 Å². The second-order valence-electron chi connectivity index (χ2n) is 6.92. The molecule has 0 atom stereocenters. The van der Waals surface area contributed by atoms with Crippen molar-refractivity contribution in [3.63, 3.8) is 0 Å². The highest BCUT2D eigenvalue weighted by molar-refractivity contribution is 9.10. The lowest BCUT2D eigenvalue weighted by Gasteiger charge is -2.27. The van der Waals surface area contributed by atoms with Crippen LogP contribution < -0.4 is 4.90 Å². The number of likely N-dealkylation sites (tertiary alicyclic amines) is 1. The molecule has 0 spiro atoms. The van der Waals surface area contributed by atoms with Crippen LogP contribution in [0.1, 0.15) is 30.4 Å². The number of esters is 1. The number of hydrogen-bond acceptors (Lipinski definition) is 3. The van der Waals surface area contributed by atoms with E-state index in [4.69, 9.17) is 4.74 Å². The fourth-order valence-corrected chi connectivity index (χ4v) is 4.03. The van der Waals surface area contributed by atoms with Crippen molar-refractivity contribution in [2.24, 2.45) is 0 Å². The molecule has 6 heteroatoms. The van der Waals surface area contributed by atoms with E-state index < -0.39 is 11.6 Å². The Morgan fingerprint density at radius 3 is 1.93 bits per heavy atom. The maximum absolute atomic E-state index is 12.9. The molecule has 4 nitrogen and oxygen atoms in total. The molecule has 1 aliphatic heterocycles. The van der Waals surface area contributed by atoms with E-state index in [9.17, 15) is 9.90 Å². The molecular formula is C21H24Br2NO3+. The SMILES string of the molecule is O=C(OCCC[NH+]1CCCC1)C(O)(c1ccc(Br)cc1)c1ccc(Br)cc1. The molecule has 2 aromatic carbocycles. The Morgan fingerprint density at radius 1 is 0.963 bits per heavy atom. The van der Waals surface area contributed by atoms with E-state index in [-0.39, 0.29) is 0 Å². The molecule has 1 aliphatic rings. The molecule has 2 aromatic rings. The zero-order valence-corrected chi connectivity index (χ0v) is 18.3. The van der Waals surface area contributed by atoms with Crippen molar-refractivity contribution in [1.82, 2.24) is 0 Å². The number of benzene rings is 2. The molecule has 27 heavy (non-hydrogen) atoms. The fourth-order valence-electron chi connectivity index (χ4n) is 3.50. The van der Waals surface area contributed by atoms with Gasteiger partial charge in [0.1, 0.15) is 0 Å². The lowest BCUT2D eigenvalue weighted by molar-refractivity contribution is -0.887. The average Bonchev–Trinajstić information content (AvgIpc) is 3.19. The van der Waals surface area contributed by atoms with Crippen molar-refractivity contribution in [3.05, 3.63) is 68.6 Å². The number of quaternary nitrogens is 1. The van der Waals surface area contributed by atoms with Crippen LogP contribution in [0.25, 0.3) is 0 Å². The van der Waals surface area contributed by atoms with E-state index in [1.54, 1.807) is 29.2 Å². The molecule has 0 radical (unpaired) electrons. The minimum Gasteiger partial charge on any atom is -0.463 e. The van der Waals surface area contributed by atoms with Gasteiger partial charge in [0.25, 0.3) is 0 Å². The summed E-state index contributed by atoms with van der Waals surface area (Å²) in [4.78, 5) is 14.5. The van der Waals surface area contributed by atoms with Crippen molar-refractivity contribution in [3.8, 4) is 0 Å². The maximum atomic E-state index is 12.9. The molecule has 1 fully saturated rings. The van der Waals surface area contributed by atoms with E-state index in [1.165, 1.54) is 25.9 Å². The summed E-state index contributed by atoms with van der Waals surface area (Å²) in [5, 5.41) is 11.4. The van der Waals surface area contributed by atoms with Crippen LogP contribution in [-0.4, -0.2) is 37.3 Å². The summed E-state index contributed by atoms with van der Waals surface area (Å²) in [6, 6.07) is 14.2. The molecule has 0 saturated carbocycles. The van der Waals surface area contributed by atoms with E-state index >= 15 is 0 Å². The van der Waals surface area contributed by atoms with Gasteiger partial charge in [-0.1, -0.05) is 56.1 Å². The smallest absolute Gasteiger partial charge is 0.347 e. The molecule has 0 aromatic heterocycles. The van der Waals surface area contributed by atoms with Crippen LogP contribution in [0.4, 0.5) is 0 Å². The van der Waals surface area contributed by atoms with E-state index in [0.717, 1.165) is 21.9 Å². The van der Waals surface area contributed by atoms with Crippen LogP contribution in [0.5, 0.6) is 0 Å². The fraction of sp³-hybridized carbons (Fsp3) is 0.381. The highest BCUT2D eigenvalue weighted by atomic mass is 79.9. The Hall–Kier alpha value is -1.21. The number of halogens is 2. The predicted octanol–water partition coefficient (Wildman–Crippen LogP) is 3.06. The minimum atomic E-state index is -1.83. The lowest BCUT2D eigenvalue weighted by Crippen LogP contribution is -3.10. The summed E-state index contributed by atoms with van der Waals surface area (Å²) in [5.74, 6) is -0.636. The number of carbonyl (C=O) groups is 1. The van der Waals surface area contributed by atoms with E-state index in [0.29, 0.717) is 17.7 Å². The third-order valence-electron chi connectivity index (χ3n) is 5.04. The highest BCUT2D eigenvalue weighted by Crippen LogP contribution is 2.32. The first-order chi connectivity index (χ1) is 13.0. The number of rotatable bonds is 7. The summed E-state index contributed by atoms with van der Waals surface area (Å²) in [7, 11) is 0. The Kier molecular flexibility index (Phi) is 7.09. The molecule has 0 unspecified atom stereocenters. The minimum absolute atomic E-state index is 0.317. The third-order valence-corrected chi connectivity index (χ3v) is 6.10. The highest BCUT2D eigenvalue weighted by Gasteiger charge is 2.41. The predicted molar refractivity (Wildman–Crippen MR) is 112 cm³/mol. The normalized spacial score (nSPS) is 15.1. The Balaban J connectivity index is 1.75. The van der Waals surface area contributed by atoms with E-state index in [2.05, 4.69) is 31.9 Å². The number of ether oxygens (including phenoxy) is 1. The average molecular weight is 498 g/mol. The largest absolute Gasteiger partial charge is 0.463 e. The maximum Gasteiger partial charge on any atom is 0.347 e. The summed E-state index contributed by atoms with van der Waals surface area (Å²) >= 11 is 6.78. The molecule has 1 heterocycles. The van der Waals surface area contributed by atoms with Gasteiger partial charge in [0, 0.05) is 28.2 Å². The van der Waals surface area contributed by atoms with Gasteiger partial charge in [-0.25, -0.2) is 4.79 Å². The van der Waals surface area contributed by atoms with Gasteiger partial charge in [-0.05, 0) is 35.4 Å². The van der Waals surface area contributed by atoms with Crippen molar-refractivity contribution < 1.29 is 19.5 Å². The van der Waals surface area contributed by atoms with Gasteiger partial charge in [0.2, 0.25) is 5.60 Å². The van der Waals surface area contributed by atoms with Gasteiger partial charge >= 0.3 is 5.97 Å². The van der Waals surface area contributed by atoms with Gasteiger partial charge in [-0.15, -0.1) is 0 Å². The van der Waals surface area contributed by atoms with Crippen molar-refractivity contribution in [1.29, 1.82) is 0 Å². The van der Waals surface area contributed by atoms with Crippen molar-refractivity contribution in [2.75, 3.05) is 26.2 Å². The van der Waals surface area contributed by atoms with Crippen molar-refractivity contribution in [2.45, 2.75) is 24.9 Å². The molecule has 0 bridgehead atoms. The molecular weight excluding hydrogens is 474 g/mol. The Bertz CT molecular complexity index is 711. The summed E-state index contributed by atoms with van der Waals surface area (Å²) in [5.41, 5.74) is -0.853. The van der Waals surface area contributed by atoms with Crippen LogP contribution in [0.15, 0.2) is 57.5 Å². The summed E-state index contributed by atoms with van der Waals surface area (Å²) < 4.78 is 7.27. The third kappa shape index (κ3) is 4.99. The number of nitrogens with one attached hydrogen (secondary N) is 1. The number of hydrogen-bond donors (Lipinski definition) is 2. The van der Waals surface area contributed by atoms with E-state index in [1.807, 2.05) is 24.3 Å². The van der Waals surface area contributed by atoms with Gasteiger partial charge < -0.3 is 14.7 Å². The first kappa shape index (κ1) is 20.5. The number of carbonyl (C=O) groups excluding carboxylic acids is 1. The van der Waals surface area contributed by atoms with Crippen LogP contribution in [0.3, 0.4) is 0 Å². The Labute approximate surface area is 176 Å². The van der Waals surface area contributed by atoms with Gasteiger partial charge in [0.05, 0.1) is 26.2 Å². The zero-order valence-electron chi connectivity index (χ0n) is 15.1. The topological polar surface area (TPSA) is 51.0 Å². The molecule has 2 N–H and O–H groups in total. The van der Waals surface area contributed by atoms with Gasteiger partial charge in [-0.3, -0.25) is 0 Å². The van der Waals surface area contributed by atoms with Crippen LogP contribution in [-0.2, 0) is 15.1 Å². The standard InChI is InChI=1S/C21H23Br2NO3/c22-18-8-4-16(5-9-18)21(26,17-6-10-19(23)11-7-17)20(25)27-15-3-14-24-12-1-2-13-24/h4-11,26H,1-3,12-15H2/p+1. The first-order valence-electron chi connectivity index (χ1n) is 9.25. The van der Waals surface area contributed by atoms with Crippen LogP contribution in [0.2, 0.25) is 0 Å². The molecule has 0 amide bonds. The van der Waals surface area contributed by atoms with Crippen LogP contribution in [0, 0.1) is 0 Å². The second-order valence-corrected chi connectivity index (χ2v) is 8.75. The summed E-state index contributed by atoms with van der Waals surface area (Å²) in [6.45, 7) is 3.73. The zero-order chi connectivity index (χ0) is 19.3. The number of aliphatic hydroxyl groups is 1. The molecule has 3 rings (SSSR count). The van der Waals surface area contributed by atoms with Gasteiger partial charge in [0.15, 0.2) is 0 Å². The molecule has 0 aliphatic carbocycles.